The Kier molecular flexibility index (Phi) is 3.89. The molecular formula is C17H22N2O3. The number of carbonyl (C=O) groups excluding carboxylic acids is 2. The Labute approximate surface area is 130 Å². The maximum atomic E-state index is 12.8. The van der Waals surface area contributed by atoms with E-state index in [4.69, 9.17) is 4.74 Å². The third-order valence-corrected chi connectivity index (χ3v) is 4.67. The molecule has 1 aromatic rings. The molecule has 0 atom stereocenters. The zero-order chi connectivity index (χ0) is 15.7. The highest BCUT2D eigenvalue weighted by molar-refractivity contribution is 6.00. The van der Waals surface area contributed by atoms with E-state index < -0.39 is 0 Å². The van der Waals surface area contributed by atoms with Crippen LogP contribution in [0, 0.1) is 5.41 Å². The summed E-state index contributed by atoms with van der Waals surface area (Å²) >= 11 is 0. The Balaban J connectivity index is 1.73. The Morgan fingerprint density at radius 3 is 2.50 bits per heavy atom. The number of aromatic nitrogens is 1. The first-order valence-electron chi connectivity index (χ1n) is 7.97. The second kappa shape index (κ2) is 5.71. The summed E-state index contributed by atoms with van der Waals surface area (Å²) in [5.41, 5.74) is 0.496. The van der Waals surface area contributed by atoms with Crippen molar-refractivity contribution in [3.63, 3.8) is 0 Å². The van der Waals surface area contributed by atoms with E-state index in [9.17, 15) is 9.59 Å². The summed E-state index contributed by atoms with van der Waals surface area (Å²) in [5.74, 6) is 1.01. The van der Waals surface area contributed by atoms with Gasteiger partial charge in [-0.2, -0.15) is 0 Å². The molecule has 1 saturated carbocycles. The highest BCUT2D eigenvalue weighted by Gasteiger charge is 2.48. The third kappa shape index (κ3) is 2.72. The molecule has 1 aliphatic heterocycles. The van der Waals surface area contributed by atoms with Crippen molar-refractivity contribution < 1.29 is 14.3 Å². The SMILES string of the molecule is CC(C)Oc1ccc(N2CCC3(CCC(=O)CC3)C2=O)cn1. The molecule has 3 rings (SSSR count). The van der Waals surface area contributed by atoms with Crippen LogP contribution in [0.4, 0.5) is 5.69 Å². The third-order valence-electron chi connectivity index (χ3n) is 4.67. The lowest BCUT2D eigenvalue weighted by molar-refractivity contribution is -0.130. The Bertz CT molecular complexity index is 570. The van der Waals surface area contributed by atoms with Gasteiger partial charge in [-0.25, -0.2) is 4.98 Å². The van der Waals surface area contributed by atoms with Gasteiger partial charge in [0.05, 0.1) is 23.4 Å². The molecule has 0 bridgehead atoms. The summed E-state index contributed by atoms with van der Waals surface area (Å²) in [6.07, 6.45) is 5.09. The Hall–Kier alpha value is -1.91. The molecular weight excluding hydrogens is 280 g/mol. The molecule has 22 heavy (non-hydrogen) atoms. The molecule has 2 heterocycles. The quantitative estimate of drug-likeness (QED) is 0.861. The number of hydrogen-bond acceptors (Lipinski definition) is 4. The highest BCUT2D eigenvalue weighted by atomic mass is 16.5. The van der Waals surface area contributed by atoms with Gasteiger partial charge in [-0.3, -0.25) is 9.59 Å². The van der Waals surface area contributed by atoms with Crippen molar-refractivity contribution >= 4 is 17.4 Å². The van der Waals surface area contributed by atoms with Crippen LogP contribution in [-0.4, -0.2) is 29.3 Å². The van der Waals surface area contributed by atoms with E-state index in [1.807, 2.05) is 24.8 Å². The zero-order valence-electron chi connectivity index (χ0n) is 13.2. The lowest BCUT2D eigenvalue weighted by Gasteiger charge is -2.30. The molecule has 1 spiro atoms. The summed E-state index contributed by atoms with van der Waals surface area (Å²) in [7, 11) is 0. The van der Waals surface area contributed by atoms with E-state index in [0.29, 0.717) is 38.1 Å². The molecule has 5 nitrogen and oxygen atoms in total. The van der Waals surface area contributed by atoms with Gasteiger partial charge in [-0.05, 0) is 39.2 Å². The van der Waals surface area contributed by atoms with Gasteiger partial charge < -0.3 is 9.64 Å². The van der Waals surface area contributed by atoms with Gasteiger partial charge in [0.15, 0.2) is 0 Å². The van der Waals surface area contributed by atoms with Crippen molar-refractivity contribution in [2.45, 2.75) is 52.1 Å². The van der Waals surface area contributed by atoms with Gasteiger partial charge in [0, 0.05) is 25.5 Å². The molecule has 0 unspecified atom stereocenters. The maximum absolute atomic E-state index is 12.8. The number of nitrogens with zero attached hydrogens (tertiary/aromatic N) is 2. The number of hydrogen-bond donors (Lipinski definition) is 0. The van der Waals surface area contributed by atoms with Gasteiger partial charge in [-0.15, -0.1) is 0 Å². The molecule has 5 heteroatoms. The van der Waals surface area contributed by atoms with Gasteiger partial charge in [0.25, 0.3) is 0 Å². The van der Waals surface area contributed by atoms with E-state index >= 15 is 0 Å². The fraction of sp³-hybridized carbons (Fsp3) is 0.588. The van der Waals surface area contributed by atoms with Crippen LogP contribution in [0.2, 0.25) is 0 Å². The van der Waals surface area contributed by atoms with Gasteiger partial charge >= 0.3 is 0 Å². The fourth-order valence-corrected chi connectivity index (χ4v) is 3.38. The molecule has 0 aromatic carbocycles. The van der Waals surface area contributed by atoms with Crippen LogP contribution in [0.5, 0.6) is 5.88 Å². The lowest BCUT2D eigenvalue weighted by Crippen LogP contribution is -2.37. The second-order valence-electron chi connectivity index (χ2n) is 6.55. The van der Waals surface area contributed by atoms with Crippen LogP contribution in [0.15, 0.2) is 18.3 Å². The van der Waals surface area contributed by atoms with Crippen molar-refractivity contribution in [2.75, 3.05) is 11.4 Å². The Morgan fingerprint density at radius 1 is 1.18 bits per heavy atom. The molecule has 2 aliphatic rings. The summed E-state index contributed by atoms with van der Waals surface area (Å²) < 4.78 is 5.53. The number of ether oxygens (including phenoxy) is 1. The first-order valence-corrected chi connectivity index (χ1v) is 7.97. The Morgan fingerprint density at radius 2 is 1.91 bits per heavy atom. The van der Waals surface area contributed by atoms with Gasteiger partial charge in [-0.1, -0.05) is 0 Å². The van der Waals surface area contributed by atoms with Crippen molar-refractivity contribution in [3.8, 4) is 5.88 Å². The van der Waals surface area contributed by atoms with E-state index in [0.717, 1.165) is 12.1 Å². The minimum absolute atomic E-state index is 0.0785. The molecule has 1 aromatic heterocycles. The monoisotopic (exact) mass is 302 g/mol. The van der Waals surface area contributed by atoms with Crippen LogP contribution >= 0.6 is 0 Å². The van der Waals surface area contributed by atoms with Crippen LogP contribution in [0.1, 0.15) is 46.0 Å². The number of Topliss-reactive ketones (excluding diaryl/α,β-unsaturated/α-hetero) is 1. The molecule has 0 N–H and O–H groups in total. The van der Waals surface area contributed by atoms with E-state index in [1.165, 1.54) is 0 Å². The average molecular weight is 302 g/mol. The van der Waals surface area contributed by atoms with E-state index in [-0.39, 0.29) is 23.2 Å². The van der Waals surface area contributed by atoms with E-state index in [1.54, 1.807) is 12.3 Å². The number of ketones is 1. The van der Waals surface area contributed by atoms with E-state index in [2.05, 4.69) is 4.98 Å². The number of pyridine rings is 1. The predicted octanol–water partition coefficient (Wildman–Crippen LogP) is 2.74. The fourth-order valence-electron chi connectivity index (χ4n) is 3.38. The van der Waals surface area contributed by atoms with Gasteiger partial charge in [0.1, 0.15) is 5.78 Å². The molecule has 1 aliphatic carbocycles. The lowest BCUT2D eigenvalue weighted by atomic mass is 9.72. The van der Waals surface area contributed by atoms with Gasteiger partial charge in [0.2, 0.25) is 11.8 Å². The number of rotatable bonds is 3. The zero-order valence-corrected chi connectivity index (χ0v) is 13.2. The highest BCUT2D eigenvalue weighted by Crippen LogP contribution is 2.45. The number of carbonyl (C=O) groups is 2. The largest absolute Gasteiger partial charge is 0.475 e. The van der Waals surface area contributed by atoms with Crippen LogP contribution in [0.3, 0.4) is 0 Å². The second-order valence-corrected chi connectivity index (χ2v) is 6.55. The van der Waals surface area contributed by atoms with Crippen molar-refractivity contribution in [3.05, 3.63) is 18.3 Å². The predicted molar refractivity (Wildman–Crippen MR) is 82.9 cm³/mol. The van der Waals surface area contributed by atoms with Crippen LogP contribution in [0.25, 0.3) is 0 Å². The standard InChI is InChI=1S/C17H22N2O3/c1-12(2)22-15-4-3-13(11-18-15)19-10-9-17(16(19)21)7-5-14(20)6-8-17/h3-4,11-12H,5-10H2,1-2H3. The summed E-state index contributed by atoms with van der Waals surface area (Å²) in [4.78, 5) is 30.3. The van der Waals surface area contributed by atoms with Crippen LogP contribution in [-0.2, 0) is 9.59 Å². The van der Waals surface area contributed by atoms with Crippen molar-refractivity contribution in [1.29, 1.82) is 0 Å². The molecule has 1 amide bonds. The first kappa shape index (κ1) is 15.0. The van der Waals surface area contributed by atoms with Crippen molar-refractivity contribution in [1.82, 2.24) is 4.98 Å². The minimum Gasteiger partial charge on any atom is -0.475 e. The average Bonchev–Trinajstić information content (AvgIpc) is 2.80. The summed E-state index contributed by atoms with van der Waals surface area (Å²) in [5, 5.41) is 0. The maximum Gasteiger partial charge on any atom is 0.233 e. The molecule has 1 saturated heterocycles. The smallest absolute Gasteiger partial charge is 0.233 e. The number of anilines is 1. The minimum atomic E-state index is -0.318. The summed E-state index contributed by atoms with van der Waals surface area (Å²) in [6, 6.07) is 3.69. The normalized spacial score (nSPS) is 21.0. The first-order chi connectivity index (χ1) is 10.5. The molecule has 118 valence electrons. The van der Waals surface area contributed by atoms with Crippen LogP contribution < -0.4 is 9.64 Å². The van der Waals surface area contributed by atoms with Crippen molar-refractivity contribution in [2.24, 2.45) is 5.41 Å². The topological polar surface area (TPSA) is 59.5 Å². The summed E-state index contributed by atoms with van der Waals surface area (Å²) in [6.45, 7) is 4.61. The number of amides is 1. The molecule has 2 fully saturated rings. The molecule has 0 radical (unpaired) electrons.